The number of hydrogen-bond donors (Lipinski definition) is 3. The molecule has 1 heterocycles. The molecule has 1 saturated heterocycles. The zero-order valence-corrected chi connectivity index (χ0v) is 8.64. The van der Waals surface area contributed by atoms with Crippen LogP contribution in [-0.4, -0.2) is 52.9 Å². The van der Waals surface area contributed by atoms with E-state index in [1.807, 2.05) is 0 Å². The maximum Gasteiger partial charge on any atom is 0.469 e. The van der Waals surface area contributed by atoms with Crippen LogP contribution in [0.4, 0.5) is 0 Å². The molecule has 0 aromatic carbocycles. The summed E-state index contributed by atoms with van der Waals surface area (Å²) < 4.78 is 19.4. The number of aliphatic hydroxyl groups is 1. The Hall–Kier alpha value is 0.385. The lowest BCUT2D eigenvalue weighted by molar-refractivity contribution is -0.00417. The van der Waals surface area contributed by atoms with E-state index < -0.39 is 38.0 Å². The van der Waals surface area contributed by atoms with Crippen molar-refractivity contribution in [2.45, 2.75) is 23.6 Å². The van der Waals surface area contributed by atoms with E-state index in [0.29, 0.717) is 0 Å². The average molecular weight is 242 g/mol. The van der Waals surface area contributed by atoms with Crippen LogP contribution in [0.5, 0.6) is 0 Å². The van der Waals surface area contributed by atoms with Gasteiger partial charge in [-0.25, -0.2) is 4.57 Å². The summed E-state index contributed by atoms with van der Waals surface area (Å²) in [6.07, 6.45) is -2.02. The van der Waals surface area contributed by atoms with Crippen LogP contribution in [0.1, 0.15) is 0 Å². The molecular formula is C5H9BClO6P. The van der Waals surface area contributed by atoms with Crippen LogP contribution in [0.2, 0.25) is 0 Å². The highest BCUT2D eigenvalue weighted by molar-refractivity contribution is 7.46. The van der Waals surface area contributed by atoms with Crippen molar-refractivity contribution in [1.29, 1.82) is 0 Å². The van der Waals surface area contributed by atoms with E-state index in [9.17, 15) is 9.67 Å². The molecule has 2 radical (unpaired) electrons. The molecule has 0 aromatic heterocycles. The first-order valence-corrected chi connectivity index (χ1v) is 5.71. The van der Waals surface area contributed by atoms with E-state index in [1.54, 1.807) is 0 Å². The van der Waals surface area contributed by atoms with Gasteiger partial charge in [-0.2, -0.15) is 0 Å². The zero-order chi connectivity index (χ0) is 10.9. The minimum Gasteiger partial charge on any atom is -0.389 e. The molecule has 0 amide bonds. The van der Waals surface area contributed by atoms with Crippen LogP contribution in [-0.2, 0) is 13.8 Å². The van der Waals surface area contributed by atoms with Crippen LogP contribution in [0.25, 0.3) is 0 Å². The molecule has 0 unspecified atom stereocenters. The number of hydrogen-bond acceptors (Lipinski definition) is 4. The predicted octanol–water partition coefficient (Wildman–Crippen LogP) is -1.04. The largest absolute Gasteiger partial charge is 0.469 e. The first kappa shape index (κ1) is 12.5. The fourth-order valence-corrected chi connectivity index (χ4v) is 1.63. The molecule has 80 valence electrons. The monoisotopic (exact) mass is 242 g/mol. The average Bonchev–Trinajstić information content (AvgIpc) is 2.28. The summed E-state index contributed by atoms with van der Waals surface area (Å²) in [5.41, 5.74) is 0. The lowest BCUT2D eigenvalue weighted by Gasteiger charge is -2.14. The summed E-state index contributed by atoms with van der Waals surface area (Å²) in [6.45, 7) is -0.456. The highest BCUT2D eigenvalue weighted by Gasteiger charge is 2.40. The van der Waals surface area contributed by atoms with E-state index in [0.717, 1.165) is 0 Å². The first-order chi connectivity index (χ1) is 6.31. The van der Waals surface area contributed by atoms with Crippen molar-refractivity contribution in [1.82, 2.24) is 0 Å². The fraction of sp³-hybridized carbons (Fsp3) is 1.00. The Balaban J connectivity index is 2.44. The van der Waals surface area contributed by atoms with Gasteiger partial charge in [-0.15, -0.1) is 11.6 Å². The number of rotatable bonds is 3. The molecule has 1 fully saturated rings. The number of phosphoric acid groups is 1. The Kier molecular flexibility index (Phi) is 3.99. The maximum absolute atomic E-state index is 10.3. The van der Waals surface area contributed by atoms with Crippen molar-refractivity contribution in [3.05, 3.63) is 0 Å². The van der Waals surface area contributed by atoms with Gasteiger partial charge in [0.25, 0.3) is 0 Å². The van der Waals surface area contributed by atoms with E-state index in [1.165, 1.54) is 0 Å². The summed E-state index contributed by atoms with van der Waals surface area (Å²) in [5, 5.41) is 8.55. The van der Waals surface area contributed by atoms with Crippen molar-refractivity contribution in [2.24, 2.45) is 0 Å². The Labute approximate surface area is 86.8 Å². The molecule has 1 aliphatic rings. The normalized spacial score (nSPS) is 38.9. The molecule has 9 heteroatoms. The second kappa shape index (κ2) is 4.49. The molecule has 1 aliphatic heterocycles. The van der Waals surface area contributed by atoms with E-state index >= 15 is 0 Å². The van der Waals surface area contributed by atoms with Crippen molar-refractivity contribution < 1.29 is 28.7 Å². The minimum atomic E-state index is -4.56. The van der Waals surface area contributed by atoms with Gasteiger partial charge < -0.3 is 19.6 Å². The van der Waals surface area contributed by atoms with Gasteiger partial charge in [0.15, 0.2) is 0 Å². The van der Waals surface area contributed by atoms with Gasteiger partial charge in [-0.3, -0.25) is 4.52 Å². The number of ether oxygens (including phenoxy) is 1. The van der Waals surface area contributed by atoms with Crippen molar-refractivity contribution in [3.63, 3.8) is 0 Å². The second-order valence-corrected chi connectivity index (χ2v) is 4.60. The van der Waals surface area contributed by atoms with Crippen molar-refractivity contribution >= 4 is 27.3 Å². The summed E-state index contributed by atoms with van der Waals surface area (Å²) in [5.74, 6) is 0. The first-order valence-electron chi connectivity index (χ1n) is 3.74. The lowest BCUT2D eigenvalue weighted by atomic mass is 9.95. The Morgan fingerprint density at radius 1 is 1.57 bits per heavy atom. The number of alkyl halides is 1. The van der Waals surface area contributed by atoms with Crippen LogP contribution < -0.4 is 0 Å². The third kappa shape index (κ3) is 3.20. The topological polar surface area (TPSA) is 96.2 Å². The third-order valence-corrected chi connectivity index (χ3v) is 2.75. The molecular weight excluding hydrogens is 233 g/mol. The third-order valence-electron chi connectivity index (χ3n) is 1.76. The quantitative estimate of drug-likeness (QED) is 0.332. The van der Waals surface area contributed by atoms with Gasteiger partial charge in [0.2, 0.25) is 0 Å². The van der Waals surface area contributed by atoms with Gasteiger partial charge in [-0.05, 0) is 0 Å². The number of aliphatic hydroxyl groups excluding tert-OH is 1. The van der Waals surface area contributed by atoms with Crippen LogP contribution in [0.3, 0.4) is 0 Å². The molecule has 4 atom stereocenters. The maximum atomic E-state index is 10.3. The smallest absolute Gasteiger partial charge is 0.389 e. The highest BCUT2D eigenvalue weighted by Crippen LogP contribution is 2.37. The second-order valence-electron chi connectivity index (χ2n) is 2.86. The fourth-order valence-electron chi connectivity index (χ4n) is 1.07. The Morgan fingerprint density at radius 3 is 2.50 bits per heavy atom. The molecule has 0 aromatic rings. The molecule has 0 spiro atoms. The summed E-state index contributed by atoms with van der Waals surface area (Å²) in [6, 6.07) is -0.864. The SMILES string of the molecule is [B][C@@H]1O[C@H](COP(=O)(O)O)[C@@H](O)[C@H]1Cl. The molecule has 3 N–H and O–H groups in total. The predicted molar refractivity (Wildman–Crippen MR) is 48.1 cm³/mol. The van der Waals surface area contributed by atoms with E-state index in [2.05, 4.69) is 4.52 Å². The van der Waals surface area contributed by atoms with Crippen LogP contribution in [0, 0.1) is 0 Å². The van der Waals surface area contributed by atoms with Gasteiger partial charge in [0.05, 0.1) is 12.0 Å². The Bertz CT molecular complexity index is 246. The summed E-state index contributed by atoms with van der Waals surface area (Å²) >= 11 is 5.61. The van der Waals surface area contributed by atoms with Crippen LogP contribution >= 0.6 is 19.4 Å². The van der Waals surface area contributed by atoms with Crippen LogP contribution in [0.15, 0.2) is 0 Å². The standard InChI is InChI=1S/C5H9BClO6P/c6-5-3(7)4(8)2(13-5)1-12-14(9,10)11/h2-5,8H,1H2,(H2,9,10,11)/t2-,3-,4-,5-/m1/s1. The summed E-state index contributed by atoms with van der Waals surface area (Å²) in [7, 11) is 0.775. The molecule has 0 saturated carbocycles. The number of phosphoric ester groups is 1. The van der Waals surface area contributed by atoms with E-state index in [-0.39, 0.29) is 0 Å². The Morgan fingerprint density at radius 2 is 2.14 bits per heavy atom. The molecule has 6 nitrogen and oxygen atoms in total. The molecule has 14 heavy (non-hydrogen) atoms. The molecule has 1 rings (SSSR count). The van der Waals surface area contributed by atoms with Gasteiger partial charge in [0, 0.05) is 6.00 Å². The van der Waals surface area contributed by atoms with E-state index in [4.69, 9.17) is 34.0 Å². The van der Waals surface area contributed by atoms with Crippen molar-refractivity contribution in [3.8, 4) is 0 Å². The minimum absolute atomic E-state index is 0.456. The van der Waals surface area contributed by atoms with Gasteiger partial charge in [0.1, 0.15) is 20.1 Å². The van der Waals surface area contributed by atoms with Gasteiger partial charge in [-0.1, -0.05) is 0 Å². The van der Waals surface area contributed by atoms with Gasteiger partial charge >= 0.3 is 7.82 Å². The summed E-state index contributed by atoms with van der Waals surface area (Å²) in [4.78, 5) is 16.8. The molecule has 0 bridgehead atoms. The molecule has 0 aliphatic carbocycles. The zero-order valence-electron chi connectivity index (χ0n) is 6.99. The highest BCUT2D eigenvalue weighted by atomic mass is 35.5. The number of halogens is 1. The lowest BCUT2D eigenvalue weighted by Crippen LogP contribution is -2.31. The van der Waals surface area contributed by atoms with Crippen molar-refractivity contribution in [2.75, 3.05) is 6.61 Å².